The molecule has 5 heavy (non-hydrogen) atoms. The molecule has 0 aliphatic heterocycles. The van der Waals surface area contributed by atoms with Crippen LogP contribution in [-0.4, -0.2) is 5.87 Å². The minimum atomic E-state index is 1.26. The fraction of sp³-hybridized carbons (Fsp3) is 0. The molecule has 0 aromatic heterocycles. The molecule has 27 valence electrons. The van der Waals surface area contributed by atoms with Crippen LogP contribution >= 0.6 is 0 Å². The maximum absolute atomic E-state index is 6.19. The molecule has 0 aromatic rings. The van der Waals surface area contributed by atoms with Gasteiger partial charge in [-0.25, -0.2) is 0 Å². The second kappa shape index (κ2) is 3.41. The van der Waals surface area contributed by atoms with E-state index in [1.807, 2.05) is 5.87 Å². The summed E-state index contributed by atoms with van der Waals surface area (Å²) in [6, 6.07) is 0. The Labute approximate surface area is 30.8 Å². The third-order valence-corrected chi connectivity index (χ3v) is 0.180. The summed E-state index contributed by atoms with van der Waals surface area (Å²) in [5.74, 6) is 1.96. The molecule has 0 heterocycles. The van der Waals surface area contributed by atoms with E-state index in [9.17, 15) is 0 Å². The summed E-state index contributed by atoms with van der Waals surface area (Å²) in [6.45, 7) is 1.26. The first-order valence-electron chi connectivity index (χ1n) is 1.21. The molecule has 2 nitrogen and oxygen atoms in total. The van der Waals surface area contributed by atoms with E-state index in [-0.39, 0.29) is 0 Å². The fourth-order valence-electron chi connectivity index (χ4n) is 0.0481. The molecule has 0 amide bonds. The van der Waals surface area contributed by atoms with Crippen molar-refractivity contribution in [2.75, 3.05) is 0 Å². The highest BCUT2D eigenvalue weighted by Gasteiger charge is 1.50. The van der Waals surface area contributed by atoms with Crippen LogP contribution in [0.4, 0.5) is 0 Å². The van der Waals surface area contributed by atoms with E-state index >= 15 is 0 Å². The quantitative estimate of drug-likeness (QED) is 0.415. The third kappa shape index (κ3) is 3.41. The lowest BCUT2D eigenvalue weighted by molar-refractivity contribution is 1.45. The van der Waals surface area contributed by atoms with Crippen molar-refractivity contribution in [1.29, 1.82) is 5.41 Å². The summed E-state index contributed by atoms with van der Waals surface area (Å²) < 4.78 is 0. The number of nitrogens with one attached hydrogen (secondary N) is 1. The summed E-state index contributed by atoms with van der Waals surface area (Å²) in [7, 11) is 0. The first-order valence-corrected chi connectivity index (χ1v) is 1.21. The van der Waals surface area contributed by atoms with Gasteiger partial charge in [0, 0.05) is 0 Å². The van der Waals surface area contributed by atoms with Crippen LogP contribution in [-0.2, 0) is 0 Å². The van der Waals surface area contributed by atoms with Crippen molar-refractivity contribution in [2.45, 2.75) is 0 Å². The predicted molar refractivity (Wildman–Crippen MR) is 20.8 cm³/mol. The van der Waals surface area contributed by atoms with Crippen LogP contribution in [0.5, 0.6) is 0 Å². The summed E-state index contributed by atoms with van der Waals surface area (Å²) in [5.41, 5.74) is 4.78. The summed E-state index contributed by atoms with van der Waals surface area (Å²) in [6.07, 6.45) is 1.32. The average Bonchev–Trinajstić information content (AvgIpc) is 1.41. The van der Waals surface area contributed by atoms with Crippen LogP contribution < -0.4 is 5.73 Å². The zero-order valence-electron chi connectivity index (χ0n) is 2.73. The SMILES string of the molecule is N=C=C[CH]N. The molecule has 0 atom stereocenters. The summed E-state index contributed by atoms with van der Waals surface area (Å²) in [4.78, 5) is 0. The maximum atomic E-state index is 6.19. The molecule has 0 bridgehead atoms. The molecule has 2 heteroatoms. The Kier molecular flexibility index (Phi) is 3.01. The van der Waals surface area contributed by atoms with Gasteiger partial charge in [0.25, 0.3) is 0 Å². The number of hydrogen-bond donors (Lipinski definition) is 2. The van der Waals surface area contributed by atoms with Crippen molar-refractivity contribution in [3.8, 4) is 0 Å². The first kappa shape index (κ1) is 4.41. The molecular formula is C3H5N2. The lowest BCUT2D eigenvalue weighted by atomic mass is 10.7. The Bertz CT molecular complexity index is 51.9. The molecule has 0 aliphatic rings. The number of nitrogens with two attached hydrogens (primary N) is 1. The van der Waals surface area contributed by atoms with E-state index in [0.29, 0.717) is 0 Å². The summed E-state index contributed by atoms with van der Waals surface area (Å²) in [5, 5.41) is 6.19. The second-order valence-corrected chi connectivity index (χ2v) is 0.503. The highest BCUT2D eigenvalue weighted by atomic mass is 14.5. The Morgan fingerprint density at radius 1 is 1.80 bits per heavy atom. The minimum Gasteiger partial charge on any atom is -0.322 e. The van der Waals surface area contributed by atoms with Gasteiger partial charge in [0.1, 0.15) is 0 Å². The first-order chi connectivity index (χ1) is 2.41. The lowest BCUT2D eigenvalue weighted by Crippen LogP contribution is -1.81. The number of hydrogen-bond acceptors (Lipinski definition) is 2. The van der Waals surface area contributed by atoms with Gasteiger partial charge in [-0.15, -0.1) is 0 Å². The van der Waals surface area contributed by atoms with Gasteiger partial charge in [0.2, 0.25) is 0 Å². The Morgan fingerprint density at radius 2 is 2.40 bits per heavy atom. The van der Waals surface area contributed by atoms with Crippen LogP contribution in [0.2, 0.25) is 0 Å². The molecule has 0 unspecified atom stereocenters. The van der Waals surface area contributed by atoms with Crippen LogP contribution in [0, 0.1) is 12.0 Å². The van der Waals surface area contributed by atoms with E-state index in [4.69, 9.17) is 11.1 Å². The van der Waals surface area contributed by atoms with Crippen molar-refractivity contribution in [3.05, 3.63) is 12.6 Å². The van der Waals surface area contributed by atoms with Gasteiger partial charge in [0.15, 0.2) is 0 Å². The molecule has 0 saturated carbocycles. The fourth-order valence-corrected chi connectivity index (χ4v) is 0.0481. The molecule has 0 spiro atoms. The highest BCUT2D eigenvalue weighted by Crippen LogP contribution is 1.50. The van der Waals surface area contributed by atoms with E-state index in [0.717, 1.165) is 0 Å². The Balaban J connectivity index is 2.93. The zero-order valence-corrected chi connectivity index (χ0v) is 2.73. The molecule has 3 N–H and O–H groups in total. The van der Waals surface area contributed by atoms with Crippen molar-refractivity contribution in [2.24, 2.45) is 5.73 Å². The standard InChI is InChI=1S/C3H5N2/c4-2-1-3-5/h1-2,5H,4H2. The van der Waals surface area contributed by atoms with E-state index < -0.39 is 0 Å². The minimum absolute atomic E-state index is 1.26. The van der Waals surface area contributed by atoms with Crippen LogP contribution in [0.1, 0.15) is 0 Å². The van der Waals surface area contributed by atoms with Gasteiger partial charge in [-0.1, -0.05) is 0 Å². The monoisotopic (exact) mass is 69.0 g/mol. The van der Waals surface area contributed by atoms with Crippen molar-refractivity contribution < 1.29 is 0 Å². The average molecular weight is 69.1 g/mol. The molecule has 0 rings (SSSR count). The topological polar surface area (TPSA) is 49.9 Å². The third-order valence-electron chi connectivity index (χ3n) is 0.180. The smallest absolute Gasteiger partial charge is 0.0511 e. The van der Waals surface area contributed by atoms with Crippen LogP contribution in [0.3, 0.4) is 0 Å². The van der Waals surface area contributed by atoms with E-state index in [1.165, 1.54) is 12.6 Å². The number of rotatable bonds is 1. The Hall–Kier alpha value is -0.590. The zero-order chi connectivity index (χ0) is 4.12. The normalized spacial score (nSPS) is 5.80. The maximum Gasteiger partial charge on any atom is 0.0511 e. The van der Waals surface area contributed by atoms with Crippen molar-refractivity contribution in [3.63, 3.8) is 0 Å². The van der Waals surface area contributed by atoms with E-state index in [2.05, 4.69) is 0 Å². The Morgan fingerprint density at radius 3 is 2.40 bits per heavy atom. The van der Waals surface area contributed by atoms with Gasteiger partial charge in [-0.05, 0) is 11.9 Å². The van der Waals surface area contributed by atoms with Gasteiger partial charge < -0.3 is 5.73 Å². The summed E-state index contributed by atoms with van der Waals surface area (Å²) >= 11 is 0. The van der Waals surface area contributed by atoms with Gasteiger partial charge >= 0.3 is 0 Å². The van der Waals surface area contributed by atoms with E-state index in [1.54, 1.807) is 0 Å². The highest BCUT2D eigenvalue weighted by molar-refractivity contribution is 5.49. The van der Waals surface area contributed by atoms with Crippen molar-refractivity contribution >= 4 is 5.87 Å². The predicted octanol–water partition coefficient (Wildman–Crippen LogP) is -0.0884. The molecule has 0 aliphatic carbocycles. The van der Waals surface area contributed by atoms with Crippen LogP contribution in [0.15, 0.2) is 6.08 Å². The lowest BCUT2D eigenvalue weighted by Gasteiger charge is -1.59. The van der Waals surface area contributed by atoms with Gasteiger partial charge in [0.05, 0.1) is 6.54 Å². The van der Waals surface area contributed by atoms with Crippen LogP contribution in [0.25, 0.3) is 0 Å². The molecule has 0 aromatic carbocycles. The second-order valence-electron chi connectivity index (χ2n) is 0.503. The van der Waals surface area contributed by atoms with Crippen molar-refractivity contribution in [1.82, 2.24) is 0 Å². The largest absolute Gasteiger partial charge is 0.322 e. The molecule has 0 fully saturated rings. The molecule has 1 radical (unpaired) electrons. The molecule has 0 saturated heterocycles. The van der Waals surface area contributed by atoms with Gasteiger partial charge in [-0.3, -0.25) is 5.41 Å². The molecular weight excluding hydrogens is 64.0 g/mol. The van der Waals surface area contributed by atoms with Gasteiger partial charge in [-0.2, -0.15) is 0 Å².